The van der Waals surface area contributed by atoms with Crippen molar-refractivity contribution in [2.75, 3.05) is 12.9 Å². The fourth-order valence-corrected chi connectivity index (χ4v) is 2.05. The molecular formula is C10H12ClFO3S. The lowest BCUT2D eigenvalue weighted by Gasteiger charge is -2.08. The molecule has 0 aliphatic rings. The van der Waals surface area contributed by atoms with Crippen molar-refractivity contribution in [3.05, 3.63) is 29.1 Å². The number of rotatable bonds is 4. The van der Waals surface area contributed by atoms with Crippen molar-refractivity contribution in [2.24, 2.45) is 0 Å². The Hall–Kier alpha value is -0.810. The quantitative estimate of drug-likeness (QED) is 0.785. The average molecular weight is 267 g/mol. The Morgan fingerprint density at radius 1 is 1.44 bits per heavy atom. The highest BCUT2D eigenvalue weighted by Gasteiger charge is 2.11. The van der Waals surface area contributed by atoms with Gasteiger partial charge < -0.3 is 4.74 Å². The molecule has 16 heavy (non-hydrogen) atoms. The van der Waals surface area contributed by atoms with E-state index < -0.39 is 14.9 Å². The van der Waals surface area contributed by atoms with Crippen LogP contribution < -0.4 is 4.74 Å². The summed E-state index contributed by atoms with van der Waals surface area (Å²) < 4.78 is 39.6. The molecule has 0 atom stereocenters. The van der Waals surface area contributed by atoms with Gasteiger partial charge in [-0.05, 0) is 36.6 Å². The molecule has 6 heteroatoms. The van der Waals surface area contributed by atoms with E-state index in [4.69, 9.17) is 15.4 Å². The maximum Gasteiger partial charge on any atom is 0.232 e. The molecule has 0 aromatic heterocycles. The summed E-state index contributed by atoms with van der Waals surface area (Å²) in [6.45, 7) is 1.71. The van der Waals surface area contributed by atoms with Crippen molar-refractivity contribution in [3.8, 4) is 5.75 Å². The number of benzene rings is 1. The molecule has 0 saturated carbocycles. The van der Waals surface area contributed by atoms with E-state index in [1.807, 2.05) is 0 Å². The summed E-state index contributed by atoms with van der Waals surface area (Å²) in [7, 11) is 2.93. The van der Waals surface area contributed by atoms with Crippen molar-refractivity contribution < 1.29 is 17.5 Å². The van der Waals surface area contributed by atoms with E-state index in [9.17, 15) is 12.8 Å². The van der Waals surface area contributed by atoms with E-state index >= 15 is 0 Å². The molecule has 1 aromatic carbocycles. The molecule has 90 valence electrons. The topological polar surface area (TPSA) is 43.4 Å². The van der Waals surface area contributed by atoms with Crippen LogP contribution in [0.1, 0.15) is 11.1 Å². The zero-order chi connectivity index (χ0) is 12.3. The van der Waals surface area contributed by atoms with Gasteiger partial charge in [0.25, 0.3) is 0 Å². The maximum absolute atomic E-state index is 13.2. The lowest BCUT2D eigenvalue weighted by Crippen LogP contribution is -2.03. The van der Waals surface area contributed by atoms with Gasteiger partial charge in [0.05, 0.1) is 12.9 Å². The first-order valence-electron chi connectivity index (χ1n) is 4.59. The van der Waals surface area contributed by atoms with Gasteiger partial charge >= 0.3 is 0 Å². The molecule has 0 fully saturated rings. The van der Waals surface area contributed by atoms with E-state index in [-0.39, 0.29) is 17.9 Å². The van der Waals surface area contributed by atoms with Gasteiger partial charge in [-0.2, -0.15) is 0 Å². The maximum atomic E-state index is 13.2. The molecule has 3 nitrogen and oxygen atoms in total. The van der Waals surface area contributed by atoms with Crippen LogP contribution in [0, 0.1) is 12.7 Å². The molecule has 0 amide bonds. The minimum Gasteiger partial charge on any atom is -0.494 e. The third-order valence-corrected chi connectivity index (χ3v) is 3.38. The van der Waals surface area contributed by atoms with Crippen LogP contribution in [0.2, 0.25) is 0 Å². The molecule has 0 N–H and O–H groups in total. The number of halogens is 2. The Labute approximate surface area is 98.6 Å². The fourth-order valence-electron chi connectivity index (χ4n) is 1.35. The summed E-state index contributed by atoms with van der Waals surface area (Å²) in [5.74, 6) is -0.533. The van der Waals surface area contributed by atoms with Crippen LogP contribution in [0.3, 0.4) is 0 Å². The van der Waals surface area contributed by atoms with Crippen LogP contribution in [0.4, 0.5) is 4.39 Å². The van der Waals surface area contributed by atoms with Crippen molar-refractivity contribution in [2.45, 2.75) is 13.3 Å². The highest BCUT2D eigenvalue weighted by Crippen LogP contribution is 2.22. The van der Waals surface area contributed by atoms with Crippen molar-refractivity contribution in [3.63, 3.8) is 0 Å². The smallest absolute Gasteiger partial charge is 0.232 e. The summed E-state index contributed by atoms with van der Waals surface area (Å²) in [4.78, 5) is 0. The zero-order valence-electron chi connectivity index (χ0n) is 8.96. The first-order valence-corrected chi connectivity index (χ1v) is 7.06. The van der Waals surface area contributed by atoms with E-state index in [0.29, 0.717) is 11.1 Å². The number of hydrogen-bond donors (Lipinski definition) is 0. The predicted octanol–water partition coefficient (Wildman–Crippen LogP) is 2.25. The Morgan fingerprint density at radius 3 is 2.56 bits per heavy atom. The Kier molecular flexibility index (Phi) is 4.15. The summed E-state index contributed by atoms with van der Waals surface area (Å²) in [6, 6.07) is 2.81. The summed E-state index contributed by atoms with van der Waals surface area (Å²) in [5, 5.41) is 0. The fraction of sp³-hybridized carbons (Fsp3) is 0.400. The van der Waals surface area contributed by atoms with Crippen LogP contribution in [0.25, 0.3) is 0 Å². The molecule has 0 aliphatic carbocycles. The molecule has 0 unspecified atom stereocenters. The highest BCUT2D eigenvalue weighted by molar-refractivity contribution is 8.13. The Morgan fingerprint density at radius 2 is 2.06 bits per heavy atom. The van der Waals surface area contributed by atoms with Gasteiger partial charge in [0.15, 0.2) is 11.6 Å². The second kappa shape index (κ2) is 5.01. The highest BCUT2D eigenvalue weighted by atomic mass is 35.7. The van der Waals surface area contributed by atoms with Gasteiger partial charge in [-0.3, -0.25) is 0 Å². The molecule has 1 aromatic rings. The molecular weight excluding hydrogens is 255 g/mol. The van der Waals surface area contributed by atoms with Crippen LogP contribution in [0.5, 0.6) is 5.75 Å². The molecule has 0 aliphatic heterocycles. The molecule has 1 rings (SSSR count). The molecule has 0 spiro atoms. The summed E-state index contributed by atoms with van der Waals surface area (Å²) >= 11 is 0. The Balaban J connectivity index is 2.96. The number of aryl methyl sites for hydroxylation is 2. The monoisotopic (exact) mass is 266 g/mol. The first kappa shape index (κ1) is 13.3. The van der Waals surface area contributed by atoms with Crippen molar-refractivity contribution in [1.82, 2.24) is 0 Å². The normalized spacial score (nSPS) is 11.5. The van der Waals surface area contributed by atoms with E-state index in [2.05, 4.69) is 0 Å². The Bertz CT molecular complexity index is 485. The van der Waals surface area contributed by atoms with Gasteiger partial charge in [-0.1, -0.05) is 0 Å². The minimum atomic E-state index is -3.53. The van der Waals surface area contributed by atoms with E-state index in [1.165, 1.54) is 19.2 Å². The average Bonchev–Trinajstić information content (AvgIpc) is 2.15. The van der Waals surface area contributed by atoms with Crippen LogP contribution in [-0.2, 0) is 15.5 Å². The molecule has 0 heterocycles. The van der Waals surface area contributed by atoms with Gasteiger partial charge in [0.2, 0.25) is 9.05 Å². The molecule has 0 radical (unpaired) electrons. The minimum absolute atomic E-state index is 0.104. The predicted molar refractivity (Wildman–Crippen MR) is 61.0 cm³/mol. The zero-order valence-corrected chi connectivity index (χ0v) is 10.5. The SMILES string of the molecule is COc1cc(CCS(=O)(=O)Cl)c(C)cc1F. The summed E-state index contributed by atoms with van der Waals surface area (Å²) in [6.07, 6.45) is 0.244. The van der Waals surface area contributed by atoms with Gasteiger partial charge in [-0.15, -0.1) is 0 Å². The largest absolute Gasteiger partial charge is 0.494 e. The van der Waals surface area contributed by atoms with Crippen LogP contribution in [-0.4, -0.2) is 21.3 Å². The molecule has 0 saturated heterocycles. The third kappa shape index (κ3) is 3.64. The van der Waals surface area contributed by atoms with Gasteiger partial charge in [0.1, 0.15) is 0 Å². The second-order valence-corrected chi connectivity index (χ2v) is 6.30. The number of ether oxygens (including phenoxy) is 1. The lowest BCUT2D eigenvalue weighted by molar-refractivity contribution is 0.385. The second-order valence-electron chi connectivity index (χ2n) is 3.41. The van der Waals surface area contributed by atoms with Crippen molar-refractivity contribution in [1.29, 1.82) is 0 Å². The van der Waals surface area contributed by atoms with Gasteiger partial charge in [0, 0.05) is 10.7 Å². The van der Waals surface area contributed by atoms with E-state index in [0.717, 1.165) is 0 Å². The number of methoxy groups -OCH3 is 1. The third-order valence-electron chi connectivity index (χ3n) is 2.23. The van der Waals surface area contributed by atoms with Crippen LogP contribution in [0.15, 0.2) is 12.1 Å². The lowest BCUT2D eigenvalue weighted by atomic mass is 10.1. The van der Waals surface area contributed by atoms with E-state index in [1.54, 1.807) is 6.92 Å². The summed E-state index contributed by atoms with van der Waals surface area (Å²) in [5.41, 5.74) is 1.39. The van der Waals surface area contributed by atoms with Crippen LogP contribution >= 0.6 is 10.7 Å². The number of hydrogen-bond acceptors (Lipinski definition) is 3. The van der Waals surface area contributed by atoms with Crippen molar-refractivity contribution >= 4 is 19.7 Å². The first-order chi connectivity index (χ1) is 7.33. The standard InChI is InChI=1S/C10H12ClFO3S/c1-7-5-9(12)10(15-2)6-8(7)3-4-16(11,13)14/h5-6H,3-4H2,1-2H3. The molecule has 0 bridgehead atoms. The van der Waals surface area contributed by atoms with Gasteiger partial charge in [-0.25, -0.2) is 12.8 Å².